The predicted molar refractivity (Wildman–Crippen MR) is 96.3 cm³/mol. The van der Waals surface area contributed by atoms with Crippen LogP contribution in [0.25, 0.3) is 11.1 Å². The molecule has 0 fully saturated rings. The summed E-state index contributed by atoms with van der Waals surface area (Å²) >= 11 is 0. The first-order chi connectivity index (χ1) is 10.7. The number of nitrogens with zero attached hydrogens (tertiary/aromatic N) is 1. The van der Waals surface area contributed by atoms with Crippen molar-refractivity contribution in [2.45, 2.75) is 58.3 Å². The van der Waals surface area contributed by atoms with E-state index in [1.165, 1.54) is 35.1 Å². The quantitative estimate of drug-likeness (QED) is 0.702. The van der Waals surface area contributed by atoms with E-state index < -0.39 is 0 Å². The van der Waals surface area contributed by atoms with Gasteiger partial charge in [-0.25, -0.2) is 0 Å². The van der Waals surface area contributed by atoms with Crippen LogP contribution in [0.3, 0.4) is 0 Å². The summed E-state index contributed by atoms with van der Waals surface area (Å²) < 4.78 is 1.91. The average molecular weight is 309 g/mol. The van der Waals surface area contributed by atoms with Crippen molar-refractivity contribution in [3.05, 3.63) is 46.8 Å². The van der Waals surface area contributed by atoms with Gasteiger partial charge in [-0.05, 0) is 53.4 Å². The van der Waals surface area contributed by atoms with Crippen molar-refractivity contribution in [1.82, 2.24) is 4.57 Å². The van der Waals surface area contributed by atoms with Crippen molar-refractivity contribution >= 4 is 6.29 Å². The summed E-state index contributed by atoms with van der Waals surface area (Å²) in [6.45, 7) is 11.6. The first-order valence-corrected chi connectivity index (χ1v) is 8.43. The van der Waals surface area contributed by atoms with E-state index >= 15 is 0 Å². The first kappa shape index (κ1) is 16.0. The van der Waals surface area contributed by atoms with Gasteiger partial charge in [0.2, 0.25) is 0 Å². The molecule has 2 aromatic rings. The van der Waals surface area contributed by atoms with Crippen LogP contribution >= 0.6 is 0 Å². The lowest BCUT2D eigenvalue weighted by Gasteiger charge is -2.43. The second-order valence-electron chi connectivity index (χ2n) is 8.39. The van der Waals surface area contributed by atoms with E-state index in [4.69, 9.17) is 0 Å². The molecular weight excluding hydrogens is 282 g/mol. The minimum Gasteiger partial charge on any atom is -0.348 e. The fraction of sp³-hybridized carbons (Fsp3) is 0.476. The summed E-state index contributed by atoms with van der Waals surface area (Å²) in [6.07, 6.45) is 5.41. The molecule has 1 aliphatic rings. The zero-order valence-corrected chi connectivity index (χ0v) is 15.2. The molecule has 0 saturated carbocycles. The van der Waals surface area contributed by atoms with E-state index in [-0.39, 0.29) is 10.8 Å². The number of rotatable bonds is 2. The first-order valence-electron chi connectivity index (χ1n) is 8.43. The lowest BCUT2D eigenvalue weighted by molar-refractivity contribution is 0.111. The minimum absolute atomic E-state index is 0.158. The zero-order valence-electron chi connectivity index (χ0n) is 15.2. The van der Waals surface area contributed by atoms with E-state index in [0.717, 1.165) is 17.5 Å². The van der Waals surface area contributed by atoms with Crippen LogP contribution in [0.5, 0.6) is 0 Å². The van der Waals surface area contributed by atoms with Gasteiger partial charge in [0.05, 0.1) is 5.69 Å². The summed E-state index contributed by atoms with van der Waals surface area (Å²) in [6, 6.07) is 6.66. The number of aldehydes is 1. The van der Waals surface area contributed by atoms with Crippen LogP contribution in [0, 0.1) is 6.92 Å². The van der Waals surface area contributed by atoms with Crippen LogP contribution in [0.1, 0.15) is 67.7 Å². The standard InChI is InChI=1S/C21H27NO/c1-14-9-17(15-11-16(13-23)22(6)12-15)19-18(10-14)20(2,3)7-8-21(19,4)5/h9-13H,7-8H2,1-6H3. The minimum atomic E-state index is 0.158. The number of carbonyl (C=O) groups excluding carboxylic acids is 1. The molecule has 0 amide bonds. The Labute approximate surface area is 139 Å². The molecule has 3 rings (SSSR count). The number of aryl methyl sites for hydroxylation is 2. The molecular formula is C21H27NO. The molecule has 0 spiro atoms. The van der Waals surface area contributed by atoms with Gasteiger partial charge in [0.1, 0.15) is 0 Å². The van der Waals surface area contributed by atoms with E-state index in [1.807, 2.05) is 17.7 Å². The van der Waals surface area contributed by atoms with Crippen molar-refractivity contribution in [3.63, 3.8) is 0 Å². The van der Waals surface area contributed by atoms with Gasteiger partial charge in [0.25, 0.3) is 0 Å². The van der Waals surface area contributed by atoms with E-state index in [9.17, 15) is 4.79 Å². The van der Waals surface area contributed by atoms with Gasteiger partial charge in [-0.3, -0.25) is 4.79 Å². The molecule has 0 N–H and O–H groups in total. The highest BCUT2D eigenvalue weighted by Crippen LogP contribution is 2.49. The highest BCUT2D eigenvalue weighted by atomic mass is 16.1. The van der Waals surface area contributed by atoms with E-state index in [2.05, 4.69) is 52.9 Å². The fourth-order valence-corrected chi connectivity index (χ4v) is 4.01. The van der Waals surface area contributed by atoms with Crippen molar-refractivity contribution in [1.29, 1.82) is 0 Å². The molecule has 0 radical (unpaired) electrons. The lowest BCUT2D eigenvalue weighted by Crippen LogP contribution is -2.34. The topological polar surface area (TPSA) is 22.0 Å². The van der Waals surface area contributed by atoms with Gasteiger partial charge in [-0.1, -0.05) is 45.4 Å². The Morgan fingerprint density at radius 2 is 1.70 bits per heavy atom. The third-order valence-corrected chi connectivity index (χ3v) is 5.54. The van der Waals surface area contributed by atoms with Gasteiger partial charge >= 0.3 is 0 Å². The third-order valence-electron chi connectivity index (χ3n) is 5.54. The van der Waals surface area contributed by atoms with Gasteiger partial charge in [-0.15, -0.1) is 0 Å². The van der Waals surface area contributed by atoms with Gasteiger partial charge in [0, 0.05) is 18.8 Å². The molecule has 122 valence electrons. The molecule has 1 aliphatic carbocycles. The predicted octanol–water partition coefficient (Wildman–Crippen LogP) is 5.16. The Hall–Kier alpha value is -1.83. The zero-order chi connectivity index (χ0) is 17.0. The van der Waals surface area contributed by atoms with Crippen molar-refractivity contribution in [2.75, 3.05) is 0 Å². The summed E-state index contributed by atoms with van der Waals surface area (Å²) in [4.78, 5) is 11.2. The summed E-state index contributed by atoms with van der Waals surface area (Å²) in [7, 11) is 1.94. The molecule has 0 aliphatic heterocycles. The summed E-state index contributed by atoms with van der Waals surface area (Å²) in [5.74, 6) is 0. The lowest BCUT2D eigenvalue weighted by atomic mass is 9.61. The number of carbonyl (C=O) groups is 1. The molecule has 0 atom stereocenters. The summed E-state index contributed by atoms with van der Waals surface area (Å²) in [5, 5.41) is 0. The van der Waals surface area contributed by atoms with Gasteiger partial charge in [0.15, 0.2) is 6.29 Å². The molecule has 1 aromatic carbocycles. The Balaban J connectivity index is 2.33. The van der Waals surface area contributed by atoms with Gasteiger partial charge in [-0.2, -0.15) is 0 Å². The molecule has 2 heteroatoms. The number of fused-ring (bicyclic) bond motifs is 1. The number of benzene rings is 1. The smallest absolute Gasteiger partial charge is 0.166 e. The third kappa shape index (κ3) is 2.54. The Kier molecular flexibility index (Phi) is 3.55. The van der Waals surface area contributed by atoms with E-state index in [0.29, 0.717) is 0 Å². The van der Waals surface area contributed by atoms with Crippen LogP contribution in [0.15, 0.2) is 24.4 Å². The van der Waals surface area contributed by atoms with E-state index in [1.54, 1.807) is 0 Å². The molecule has 0 saturated heterocycles. The fourth-order valence-electron chi connectivity index (χ4n) is 4.01. The van der Waals surface area contributed by atoms with Gasteiger partial charge < -0.3 is 4.57 Å². The van der Waals surface area contributed by atoms with Crippen molar-refractivity contribution < 1.29 is 4.79 Å². The largest absolute Gasteiger partial charge is 0.348 e. The monoisotopic (exact) mass is 309 g/mol. The molecule has 0 bridgehead atoms. The normalized spacial score (nSPS) is 18.5. The SMILES string of the molecule is Cc1cc(-c2cc(C=O)n(C)c2)c2c(c1)C(C)(C)CCC2(C)C. The molecule has 1 heterocycles. The van der Waals surface area contributed by atoms with Crippen LogP contribution < -0.4 is 0 Å². The van der Waals surface area contributed by atoms with Crippen molar-refractivity contribution in [2.24, 2.45) is 7.05 Å². The maximum Gasteiger partial charge on any atom is 0.166 e. The maximum absolute atomic E-state index is 11.2. The highest BCUT2D eigenvalue weighted by molar-refractivity contribution is 5.80. The Morgan fingerprint density at radius 1 is 1.04 bits per heavy atom. The Bertz CT molecular complexity index is 777. The molecule has 23 heavy (non-hydrogen) atoms. The number of hydrogen-bond donors (Lipinski definition) is 0. The molecule has 2 nitrogen and oxygen atoms in total. The van der Waals surface area contributed by atoms with Crippen LogP contribution in [-0.2, 0) is 17.9 Å². The number of aromatic nitrogens is 1. The summed E-state index contributed by atoms with van der Waals surface area (Å²) in [5.41, 5.74) is 7.76. The maximum atomic E-state index is 11.2. The second-order valence-corrected chi connectivity index (χ2v) is 8.39. The second kappa shape index (κ2) is 5.09. The number of hydrogen-bond acceptors (Lipinski definition) is 1. The van der Waals surface area contributed by atoms with Crippen LogP contribution in [0.2, 0.25) is 0 Å². The molecule has 1 aromatic heterocycles. The highest BCUT2D eigenvalue weighted by Gasteiger charge is 2.39. The average Bonchev–Trinajstić information content (AvgIpc) is 2.84. The molecule has 0 unspecified atom stereocenters. The van der Waals surface area contributed by atoms with Crippen LogP contribution in [0.4, 0.5) is 0 Å². The Morgan fingerprint density at radius 3 is 2.30 bits per heavy atom. The van der Waals surface area contributed by atoms with Crippen molar-refractivity contribution in [3.8, 4) is 11.1 Å². The van der Waals surface area contributed by atoms with Crippen LogP contribution in [-0.4, -0.2) is 10.9 Å².